The molecule has 0 spiro atoms. The van der Waals surface area contributed by atoms with Crippen molar-refractivity contribution in [2.75, 3.05) is 4.90 Å². The molecule has 2 bridgehead atoms. The first-order valence-corrected chi connectivity index (χ1v) is 7.37. The summed E-state index contributed by atoms with van der Waals surface area (Å²) in [5.41, 5.74) is -0.502. The highest BCUT2D eigenvalue weighted by Crippen LogP contribution is 2.61. The minimum Gasteiger partial charge on any atom is -0.506 e. The van der Waals surface area contributed by atoms with E-state index >= 15 is 0 Å². The van der Waals surface area contributed by atoms with Crippen LogP contribution < -0.4 is 4.90 Å². The molecule has 2 aliphatic carbocycles. The number of fused-ring (bicyclic) bond motifs is 5. The van der Waals surface area contributed by atoms with Crippen molar-refractivity contribution in [2.24, 2.45) is 23.2 Å². The summed E-state index contributed by atoms with van der Waals surface area (Å²) in [6.07, 6.45) is 4.96. The fourth-order valence-electron chi connectivity index (χ4n) is 4.21. The third-order valence-corrected chi connectivity index (χ3v) is 5.52. The van der Waals surface area contributed by atoms with Crippen molar-refractivity contribution in [1.29, 1.82) is 0 Å². The third kappa shape index (κ3) is 1.41. The molecule has 0 radical (unpaired) electrons. The van der Waals surface area contributed by atoms with Crippen LogP contribution >= 0.6 is 11.6 Å². The standard InChI is InChI=1S/C16H14ClNO3/c1-16-9-3-2-8(6-9)13(16)14(20)18(15(16)21)11-7-10(17)4-5-12(11)19/h2-5,7-9,13,19H,6H2,1H3/t8-,9-,13-,16+/m0/s1. The lowest BCUT2D eigenvalue weighted by molar-refractivity contribution is -0.127. The smallest absolute Gasteiger partial charge is 0.241 e. The lowest BCUT2D eigenvalue weighted by Crippen LogP contribution is -2.37. The fourth-order valence-corrected chi connectivity index (χ4v) is 4.38. The molecular weight excluding hydrogens is 290 g/mol. The van der Waals surface area contributed by atoms with E-state index in [0.717, 1.165) is 11.3 Å². The maximum Gasteiger partial charge on any atom is 0.241 e. The molecule has 1 heterocycles. The van der Waals surface area contributed by atoms with Crippen LogP contribution in [-0.4, -0.2) is 16.9 Å². The van der Waals surface area contributed by atoms with Crippen molar-refractivity contribution in [3.05, 3.63) is 35.4 Å². The van der Waals surface area contributed by atoms with Gasteiger partial charge in [0, 0.05) is 5.02 Å². The van der Waals surface area contributed by atoms with E-state index in [4.69, 9.17) is 11.6 Å². The van der Waals surface area contributed by atoms with Gasteiger partial charge in [0.25, 0.3) is 0 Å². The van der Waals surface area contributed by atoms with Crippen LogP contribution in [0.5, 0.6) is 5.75 Å². The van der Waals surface area contributed by atoms with E-state index in [-0.39, 0.29) is 41.0 Å². The number of carbonyl (C=O) groups is 2. The normalized spacial score (nSPS) is 36.7. The van der Waals surface area contributed by atoms with Gasteiger partial charge in [-0.1, -0.05) is 23.8 Å². The van der Waals surface area contributed by atoms with Crippen LogP contribution in [0, 0.1) is 23.2 Å². The van der Waals surface area contributed by atoms with Crippen molar-refractivity contribution in [2.45, 2.75) is 13.3 Å². The maximum atomic E-state index is 12.9. The van der Waals surface area contributed by atoms with Gasteiger partial charge in [-0.3, -0.25) is 9.59 Å². The number of nitrogens with zero attached hydrogens (tertiary/aromatic N) is 1. The zero-order valence-corrected chi connectivity index (χ0v) is 12.2. The Balaban J connectivity index is 1.85. The van der Waals surface area contributed by atoms with E-state index in [1.165, 1.54) is 18.2 Å². The monoisotopic (exact) mass is 303 g/mol. The summed E-state index contributed by atoms with van der Waals surface area (Å²) in [5.74, 6) is -0.648. The number of imide groups is 1. The summed E-state index contributed by atoms with van der Waals surface area (Å²) >= 11 is 5.94. The predicted octanol–water partition coefficient (Wildman–Crippen LogP) is 2.75. The first kappa shape index (κ1) is 12.9. The number of aromatic hydroxyl groups is 1. The Morgan fingerprint density at radius 2 is 2.10 bits per heavy atom. The Labute approximate surface area is 127 Å². The second kappa shape index (κ2) is 3.89. The number of hydrogen-bond acceptors (Lipinski definition) is 3. The molecule has 1 saturated heterocycles. The Hall–Kier alpha value is -1.81. The molecule has 1 aromatic rings. The van der Waals surface area contributed by atoms with E-state index < -0.39 is 5.41 Å². The molecule has 1 aliphatic heterocycles. The number of rotatable bonds is 1. The van der Waals surface area contributed by atoms with E-state index in [2.05, 4.69) is 0 Å². The molecule has 0 aromatic heterocycles. The first-order valence-electron chi connectivity index (χ1n) is 7.00. The zero-order chi connectivity index (χ0) is 14.9. The molecule has 4 rings (SSSR count). The number of phenols is 1. The summed E-state index contributed by atoms with van der Waals surface area (Å²) in [4.78, 5) is 26.8. The van der Waals surface area contributed by atoms with Gasteiger partial charge in [0.15, 0.2) is 0 Å². The summed E-state index contributed by atoms with van der Waals surface area (Å²) in [5, 5.41) is 10.4. The van der Waals surface area contributed by atoms with Crippen LogP contribution in [0.3, 0.4) is 0 Å². The van der Waals surface area contributed by atoms with Crippen LogP contribution in [0.15, 0.2) is 30.4 Å². The molecule has 1 N–H and O–H groups in total. The molecular formula is C16H14ClNO3. The molecule has 2 amide bonds. The summed E-state index contributed by atoms with van der Waals surface area (Å²) in [6, 6.07) is 4.40. The molecule has 4 nitrogen and oxygen atoms in total. The largest absolute Gasteiger partial charge is 0.506 e. The van der Waals surface area contributed by atoms with Crippen molar-refractivity contribution in [3.8, 4) is 5.75 Å². The molecule has 4 atom stereocenters. The number of allylic oxidation sites excluding steroid dienone is 2. The van der Waals surface area contributed by atoms with Crippen LogP contribution in [0.2, 0.25) is 5.02 Å². The second-order valence-corrected chi connectivity index (χ2v) is 6.70. The highest BCUT2D eigenvalue weighted by Gasteiger charge is 2.67. The van der Waals surface area contributed by atoms with Gasteiger partial charge in [-0.05, 0) is 43.4 Å². The molecule has 1 saturated carbocycles. The number of phenolic OH excluding ortho intramolecular Hbond substituents is 1. The Bertz CT molecular complexity index is 713. The molecule has 2 fully saturated rings. The number of halogens is 1. The second-order valence-electron chi connectivity index (χ2n) is 6.26. The van der Waals surface area contributed by atoms with E-state index in [9.17, 15) is 14.7 Å². The number of amides is 2. The highest BCUT2D eigenvalue weighted by molar-refractivity contribution is 6.32. The van der Waals surface area contributed by atoms with Crippen LogP contribution in [0.4, 0.5) is 5.69 Å². The summed E-state index contributed by atoms with van der Waals surface area (Å²) in [7, 11) is 0. The Morgan fingerprint density at radius 3 is 2.81 bits per heavy atom. The minimum atomic E-state index is -0.689. The van der Waals surface area contributed by atoms with Gasteiger partial charge >= 0.3 is 0 Å². The average Bonchev–Trinajstić information content (AvgIpc) is 3.06. The Kier molecular flexibility index (Phi) is 2.39. The molecule has 3 aliphatic rings. The predicted molar refractivity (Wildman–Crippen MR) is 77.9 cm³/mol. The van der Waals surface area contributed by atoms with E-state index in [1.54, 1.807) is 0 Å². The zero-order valence-electron chi connectivity index (χ0n) is 11.4. The quantitative estimate of drug-likeness (QED) is 0.641. The highest BCUT2D eigenvalue weighted by atomic mass is 35.5. The lowest BCUT2D eigenvalue weighted by atomic mass is 9.71. The fraction of sp³-hybridized carbons (Fsp3) is 0.375. The molecule has 108 valence electrons. The topological polar surface area (TPSA) is 57.6 Å². The molecule has 5 heteroatoms. The SMILES string of the molecule is C[C@]12C(=O)N(c3cc(Cl)ccc3O)C(=O)[C@@H]1[C@H]1C=C[C@H]2C1. The van der Waals surface area contributed by atoms with Crippen LogP contribution in [0.1, 0.15) is 13.3 Å². The number of benzene rings is 1. The minimum absolute atomic E-state index is 0.107. The molecule has 21 heavy (non-hydrogen) atoms. The van der Waals surface area contributed by atoms with Gasteiger partial charge in [0.2, 0.25) is 11.8 Å². The van der Waals surface area contributed by atoms with Crippen molar-refractivity contribution in [3.63, 3.8) is 0 Å². The lowest BCUT2D eigenvalue weighted by Gasteiger charge is -2.28. The maximum absolute atomic E-state index is 12.9. The van der Waals surface area contributed by atoms with Crippen molar-refractivity contribution in [1.82, 2.24) is 0 Å². The van der Waals surface area contributed by atoms with E-state index in [0.29, 0.717) is 5.02 Å². The van der Waals surface area contributed by atoms with Crippen LogP contribution in [-0.2, 0) is 9.59 Å². The van der Waals surface area contributed by atoms with Gasteiger partial charge in [0.05, 0.1) is 17.0 Å². The number of carbonyl (C=O) groups excluding carboxylic acids is 2. The first-order chi connectivity index (χ1) is 9.94. The summed E-state index contributed by atoms with van der Waals surface area (Å²) < 4.78 is 0. The molecule has 1 aromatic carbocycles. The van der Waals surface area contributed by atoms with Gasteiger partial charge < -0.3 is 5.11 Å². The van der Waals surface area contributed by atoms with Gasteiger partial charge in [-0.2, -0.15) is 0 Å². The number of anilines is 1. The van der Waals surface area contributed by atoms with Gasteiger partial charge in [-0.25, -0.2) is 4.90 Å². The average molecular weight is 304 g/mol. The number of hydrogen-bond donors (Lipinski definition) is 1. The van der Waals surface area contributed by atoms with E-state index in [1.807, 2.05) is 19.1 Å². The van der Waals surface area contributed by atoms with Gasteiger partial charge in [0.1, 0.15) is 5.75 Å². The molecule has 0 unspecified atom stereocenters. The van der Waals surface area contributed by atoms with Crippen LogP contribution in [0.25, 0.3) is 0 Å². The van der Waals surface area contributed by atoms with Crippen molar-refractivity contribution >= 4 is 29.1 Å². The summed E-state index contributed by atoms with van der Waals surface area (Å²) in [6.45, 7) is 1.87. The third-order valence-electron chi connectivity index (χ3n) is 5.29. The van der Waals surface area contributed by atoms with Crippen molar-refractivity contribution < 1.29 is 14.7 Å². The van der Waals surface area contributed by atoms with Gasteiger partial charge in [-0.15, -0.1) is 0 Å². The Morgan fingerprint density at radius 1 is 1.33 bits per heavy atom.